The molecule has 0 spiro atoms. The second kappa shape index (κ2) is 6.63. The molecule has 0 unspecified atom stereocenters. The molecule has 80 valence electrons. The SMILES string of the molecule is COC(=O)CSc1nnc(CN)o1.Cl. The number of rotatable bonds is 4. The first-order valence-corrected chi connectivity index (χ1v) is 4.47. The normalized spacial score (nSPS) is 9.29. The third-order valence-corrected chi connectivity index (χ3v) is 1.96. The van der Waals surface area contributed by atoms with Crippen molar-refractivity contribution in [3.05, 3.63) is 5.89 Å². The molecule has 1 rings (SSSR count). The predicted octanol–water partition coefficient (Wildman–Crippen LogP) is 0.215. The summed E-state index contributed by atoms with van der Waals surface area (Å²) in [5.41, 5.74) is 5.25. The predicted molar refractivity (Wildman–Crippen MR) is 52.2 cm³/mol. The van der Waals surface area contributed by atoms with Crippen molar-refractivity contribution in [2.75, 3.05) is 12.9 Å². The number of nitrogens with two attached hydrogens (primary N) is 1. The molecule has 14 heavy (non-hydrogen) atoms. The minimum absolute atomic E-state index is 0. The van der Waals surface area contributed by atoms with E-state index < -0.39 is 0 Å². The second-order valence-electron chi connectivity index (χ2n) is 2.03. The van der Waals surface area contributed by atoms with Crippen molar-refractivity contribution in [1.29, 1.82) is 0 Å². The zero-order valence-corrected chi connectivity index (χ0v) is 9.06. The van der Waals surface area contributed by atoms with E-state index in [0.717, 1.165) is 11.8 Å². The highest BCUT2D eigenvalue weighted by Crippen LogP contribution is 2.15. The van der Waals surface area contributed by atoms with Gasteiger partial charge in [0.15, 0.2) is 0 Å². The van der Waals surface area contributed by atoms with Crippen LogP contribution in [0.3, 0.4) is 0 Å². The van der Waals surface area contributed by atoms with E-state index in [-0.39, 0.29) is 30.7 Å². The maximum Gasteiger partial charge on any atom is 0.316 e. The van der Waals surface area contributed by atoms with Gasteiger partial charge in [0.25, 0.3) is 5.22 Å². The summed E-state index contributed by atoms with van der Waals surface area (Å²) >= 11 is 1.12. The Labute approximate surface area is 91.0 Å². The fourth-order valence-electron chi connectivity index (χ4n) is 0.559. The fourth-order valence-corrected chi connectivity index (χ4v) is 1.17. The van der Waals surface area contributed by atoms with E-state index in [9.17, 15) is 4.79 Å². The first kappa shape index (κ1) is 13.2. The van der Waals surface area contributed by atoms with Gasteiger partial charge in [-0.05, 0) is 0 Å². The van der Waals surface area contributed by atoms with Gasteiger partial charge in [0.2, 0.25) is 5.89 Å². The van der Waals surface area contributed by atoms with Gasteiger partial charge in [-0.1, -0.05) is 11.8 Å². The maximum atomic E-state index is 10.7. The highest BCUT2D eigenvalue weighted by molar-refractivity contribution is 7.99. The topological polar surface area (TPSA) is 91.2 Å². The number of carbonyl (C=O) groups is 1. The summed E-state index contributed by atoms with van der Waals surface area (Å²) in [5, 5.41) is 7.60. The van der Waals surface area contributed by atoms with Gasteiger partial charge in [0, 0.05) is 0 Å². The van der Waals surface area contributed by atoms with Crippen LogP contribution in [0.2, 0.25) is 0 Å². The van der Waals surface area contributed by atoms with Gasteiger partial charge < -0.3 is 14.9 Å². The molecule has 0 saturated heterocycles. The molecule has 0 bridgehead atoms. The molecule has 0 aliphatic rings. The third kappa shape index (κ3) is 3.95. The molecule has 8 heteroatoms. The molecule has 0 amide bonds. The lowest BCUT2D eigenvalue weighted by atomic mass is 10.7. The Hall–Kier alpha value is -0.790. The molecule has 0 atom stereocenters. The van der Waals surface area contributed by atoms with Gasteiger partial charge in [-0.25, -0.2) is 0 Å². The van der Waals surface area contributed by atoms with Crippen LogP contribution in [-0.4, -0.2) is 29.0 Å². The fraction of sp³-hybridized carbons (Fsp3) is 0.500. The molecule has 0 fully saturated rings. The molecule has 0 saturated carbocycles. The number of thioether (sulfide) groups is 1. The lowest BCUT2D eigenvalue weighted by Gasteiger charge is -1.93. The number of carbonyl (C=O) groups excluding carboxylic acids is 1. The van der Waals surface area contributed by atoms with Gasteiger partial charge in [-0.2, -0.15) is 0 Å². The van der Waals surface area contributed by atoms with Gasteiger partial charge in [0.05, 0.1) is 13.7 Å². The average molecular weight is 240 g/mol. The zero-order chi connectivity index (χ0) is 9.68. The highest BCUT2D eigenvalue weighted by Gasteiger charge is 2.08. The number of hydrogen-bond acceptors (Lipinski definition) is 7. The smallest absolute Gasteiger partial charge is 0.316 e. The number of nitrogens with zero attached hydrogens (tertiary/aromatic N) is 2. The maximum absolute atomic E-state index is 10.7. The van der Waals surface area contributed by atoms with Crippen molar-refractivity contribution in [3.8, 4) is 0 Å². The first-order valence-electron chi connectivity index (χ1n) is 3.48. The van der Waals surface area contributed by atoms with E-state index in [1.165, 1.54) is 7.11 Å². The van der Waals surface area contributed by atoms with Crippen LogP contribution in [0.4, 0.5) is 0 Å². The Balaban J connectivity index is 0.00000169. The van der Waals surface area contributed by atoms with Crippen LogP contribution in [0, 0.1) is 0 Å². The van der Waals surface area contributed by atoms with Crippen LogP contribution in [0.15, 0.2) is 9.64 Å². The zero-order valence-electron chi connectivity index (χ0n) is 7.43. The third-order valence-electron chi connectivity index (χ3n) is 1.16. The summed E-state index contributed by atoms with van der Waals surface area (Å²) in [4.78, 5) is 10.7. The minimum Gasteiger partial charge on any atom is -0.468 e. The van der Waals surface area contributed by atoms with Crippen LogP contribution in [0.5, 0.6) is 0 Å². The number of hydrogen-bond donors (Lipinski definition) is 1. The van der Waals surface area contributed by atoms with Crippen LogP contribution in [0.25, 0.3) is 0 Å². The second-order valence-corrected chi connectivity index (χ2v) is 2.96. The van der Waals surface area contributed by atoms with Crippen molar-refractivity contribution in [3.63, 3.8) is 0 Å². The number of esters is 1. The van der Waals surface area contributed by atoms with Crippen LogP contribution in [-0.2, 0) is 16.1 Å². The molecule has 0 radical (unpaired) electrons. The molecule has 2 N–H and O–H groups in total. The quantitative estimate of drug-likeness (QED) is 0.593. The van der Waals surface area contributed by atoms with Crippen molar-refractivity contribution in [2.24, 2.45) is 5.73 Å². The molecule has 1 aromatic heterocycles. The van der Waals surface area contributed by atoms with Crippen LogP contribution < -0.4 is 5.73 Å². The Bertz CT molecular complexity index is 294. The van der Waals surface area contributed by atoms with Gasteiger partial charge in [-0.3, -0.25) is 4.79 Å². The van der Waals surface area contributed by atoms with Crippen LogP contribution in [0.1, 0.15) is 5.89 Å². The molecular weight excluding hydrogens is 230 g/mol. The summed E-state index contributed by atoms with van der Waals surface area (Å²) in [6, 6.07) is 0. The van der Waals surface area contributed by atoms with Crippen molar-refractivity contribution in [1.82, 2.24) is 10.2 Å². The molecular formula is C6H10ClN3O3S. The lowest BCUT2D eigenvalue weighted by molar-refractivity contribution is -0.137. The Morgan fingerprint density at radius 2 is 2.36 bits per heavy atom. The number of aromatic nitrogens is 2. The van der Waals surface area contributed by atoms with E-state index in [0.29, 0.717) is 11.1 Å². The van der Waals surface area contributed by atoms with Gasteiger partial charge in [-0.15, -0.1) is 22.6 Å². The summed E-state index contributed by atoms with van der Waals surface area (Å²) < 4.78 is 9.47. The van der Waals surface area contributed by atoms with Gasteiger partial charge in [0.1, 0.15) is 5.75 Å². The monoisotopic (exact) mass is 239 g/mol. The largest absolute Gasteiger partial charge is 0.468 e. The minimum atomic E-state index is -0.336. The van der Waals surface area contributed by atoms with Gasteiger partial charge >= 0.3 is 5.97 Å². The van der Waals surface area contributed by atoms with Crippen LogP contribution >= 0.6 is 24.2 Å². The average Bonchev–Trinajstić information content (AvgIpc) is 2.61. The Kier molecular flexibility index (Phi) is 6.26. The van der Waals surface area contributed by atoms with E-state index in [1.807, 2.05) is 0 Å². The molecule has 0 aliphatic carbocycles. The standard InChI is InChI=1S/C6H9N3O3S.ClH/c1-11-5(10)3-13-6-9-8-4(2-7)12-6;/h2-3,7H2,1H3;1H. The van der Waals surface area contributed by atoms with E-state index >= 15 is 0 Å². The van der Waals surface area contributed by atoms with Crippen molar-refractivity contribution < 1.29 is 13.9 Å². The number of halogens is 1. The number of methoxy groups -OCH3 is 1. The summed E-state index contributed by atoms with van der Waals surface area (Å²) in [7, 11) is 1.32. The molecule has 0 aromatic carbocycles. The molecule has 1 aromatic rings. The summed E-state index contributed by atoms with van der Waals surface area (Å²) in [6.45, 7) is 0.200. The van der Waals surface area contributed by atoms with E-state index in [4.69, 9.17) is 10.2 Å². The highest BCUT2D eigenvalue weighted by atomic mass is 35.5. The van der Waals surface area contributed by atoms with E-state index in [2.05, 4.69) is 14.9 Å². The lowest BCUT2D eigenvalue weighted by Crippen LogP contribution is -2.02. The number of ether oxygens (including phenoxy) is 1. The van der Waals surface area contributed by atoms with Crippen molar-refractivity contribution in [2.45, 2.75) is 11.8 Å². The first-order chi connectivity index (χ1) is 6.26. The Morgan fingerprint density at radius 1 is 1.64 bits per heavy atom. The molecule has 1 heterocycles. The van der Waals surface area contributed by atoms with Crippen molar-refractivity contribution >= 4 is 30.1 Å². The van der Waals surface area contributed by atoms with E-state index in [1.54, 1.807) is 0 Å². The molecule has 6 nitrogen and oxygen atoms in total. The molecule has 0 aliphatic heterocycles. The summed E-state index contributed by atoms with van der Waals surface area (Å²) in [6.07, 6.45) is 0. The Morgan fingerprint density at radius 3 is 2.86 bits per heavy atom. The summed E-state index contributed by atoms with van der Waals surface area (Å²) in [5.74, 6) is 0.174.